The predicted molar refractivity (Wildman–Crippen MR) is 153 cm³/mol. The van der Waals surface area contributed by atoms with Gasteiger partial charge in [0.05, 0.1) is 52.9 Å². The summed E-state index contributed by atoms with van der Waals surface area (Å²) in [5.74, 6) is -0.237. The zero-order chi connectivity index (χ0) is 29.2. The quantitative estimate of drug-likeness (QED) is 0.243. The first kappa shape index (κ1) is 27.3. The van der Waals surface area contributed by atoms with Crippen molar-refractivity contribution in [2.24, 2.45) is 0 Å². The predicted octanol–water partition coefficient (Wildman–Crippen LogP) is 5.29. The van der Waals surface area contributed by atoms with Gasteiger partial charge in [-0.25, -0.2) is 19.2 Å². The Labute approximate surface area is 241 Å². The van der Waals surface area contributed by atoms with Gasteiger partial charge in [-0.15, -0.1) is 0 Å². The van der Waals surface area contributed by atoms with Crippen LogP contribution in [0.2, 0.25) is 0 Å². The Bertz CT molecular complexity index is 1840. The Morgan fingerprint density at radius 1 is 1.12 bits per heavy atom. The molecule has 0 radical (unpaired) electrons. The molecule has 5 aromatic rings. The van der Waals surface area contributed by atoms with Crippen LogP contribution in [0.4, 0.5) is 4.39 Å². The summed E-state index contributed by atoms with van der Waals surface area (Å²) in [4.78, 5) is 23.2. The van der Waals surface area contributed by atoms with Crippen LogP contribution in [0.15, 0.2) is 66.7 Å². The normalized spacial score (nSPS) is 14.7. The molecule has 1 saturated heterocycles. The summed E-state index contributed by atoms with van der Waals surface area (Å²) in [6, 6.07) is 21.0. The van der Waals surface area contributed by atoms with Crippen molar-refractivity contribution in [3.8, 4) is 11.9 Å². The molecular weight excluding hydrogens is 537 g/mol. The minimum Gasteiger partial charge on any atom is -0.478 e. The Morgan fingerprint density at radius 3 is 2.69 bits per heavy atom. The Hall–Kier alpha value is -4.85. The molecule has 212 valence electrons. The first-order chi connectivity index (χ1) is 20.4. The monoisotopic (exact) mass is 565 g/mol. The second-order valence-corrected chi connectivity index (χ2v) is 10.5. The molecule has 6 rings (SSSR count). The first-order valence-electron chi connectivity index (χ1n) is 13.6. The molecule has 2 aromatic heterocycles. The molecule has 10 heteroatoms. The Morgan fingerprint density at radius 2 is 1.95 bits per heavy atom. The number of pyridine rings is 1. The molecule has 1 fully saturated rings. The van der Waals surface area contributed by atoms with Gasteiger partial charge in [-0.2, -0.15) is 5.26 Å². The number of imidazole rings is 1. The molecule has 0 aliphatic carbocycles. The Balaban J connectivity index is 1.18. The standard InChI is InChI=1S/C32H28FN5O4/c1-37(18-30-35-27-8-6-23(32(39)40)14-29(27)38(30)17-25-10-11-41-25)16-21-3-4-22-7-9-31(36-28(22)13-21)42-19-24-5-2-20(15-34)12-26(24)33/h2-9,12-14,25H,10-11,16-19H2,1H3,(H,39,40)/t25-/m0/s1. The molecule has 0 spiro atoms. The van der Waals surface area contributed by atoms with Gasteiger partial charge in [0.15, 0.2) is 0 Å². The molecule has 1 N–H and O–H groups in total. The van der Waals surface area contributed by atoms with Crippen molar-refractivity contribution in [1.29, 1.82) is 5.26 Å². The molecule has 3 aromatic carbocycles. The van der Waals surface area contributed by atoms with Gasteiger partial charge in [-0.3, -0.25) is 4.90 Å². The molecule has 42 heavy (non-hydrogen) atoms. The molecule has 9 nitrogen and oxygen atoms in total. The number of rotatable bonds is 10. The lowest BCUT2D eigenvalue weighted by atomic mass is 10.1. The van der Waals surface area contributed by atoms with Crippen LogP contribution in [0, 0.1) is 17.1 Å². The largest absolute Gasteiger partial charge is 0.478 e. The van der Waals surface area contributed by atoms with Crippen LogP contribution in [0.1, 0.15) is 39.3 Å². The molecule has 1 aliphatic rings. The fourth-order valence-electron chi connectivity index (χ4n) is 5.08. The van der Waals surface area contributed by atoms with Crippen molar-refractivity contribution in [3.05, 3.63) is 101 Å². The number of benzene rings is 3. The minimum atomic E-state index is -0.969. The zero-order valence-electron chi connectivity index (χ0n) is 23.0. The Kier molecular flexibility index (Phi) is 7.52. The van der Waals surface area contributed by atoms with E-state index < -0.39 is 11.8 Å². The number of aromatic nitrogens is 3. The molecule has 0 unspecified atom stereocenters. The lowest BCUT2D eigenvalue weighted by Crippen LogP contribution is -2.32. The number of hydrogen-bond acceptors (Lipinski definition) is 7. The van der Waals surface area contributed by atoms with Crippen molar-refractivity contribution in [2.45, 2.75) is 38.8 Å². The highest BCUT2D eigenvalue weighted by Crippen LogP contribution is 2.24. The lowest BCUT2D eigenvalue weighted by Gasteiger charge is -2.28. The highest BCUT2D eigenvalue weighted by Gasteiger charge is 2.23. The van der Waals surface area contributed by atoms with Gasteiger partial charge in [0.25, 0.3) is 0 Å². The van der Waals surface area contributed by atoms with Crippen LogP contribution in [-0.2, 0) is 31.0 Å². The van der Waals surface area contributed by atoms with Crippen molar-refractivity contribution in [3.63, 3.8) is 0 Å². The van der Waals surface area contributed by atoms with Crippen LogP contribution in [0.3, 0.4) is 0 Å². The molecular formula is C32H28FN5O4. The number of halogens is 1. The molecule has 0 amide bonds. The van der Waals surface area contributed by atoms with Gasteiger partial charge >= 0.3 is 5.97 Å². The van der Waals surface area contributed by atoms with E-state index in [1.54, 1.807) is 36.4 Å². The fourth-order valence-corrected chi connectivity index (χ4v) is 5.08. The van der Waals surface area contributed by atoms with Crippen LogP contribution in [0.25, 0.3) is 21.9 Å². The summed E-state index contributed by atoms with van der Waals surface area (Å²) in [5, 5.41) is 19.4. The van der Waals surface area contributed by atoms with Crippen LogP contribution < -0.4 is 4.74 Å². The van der Waals surface area contributed by atoms with Gasteiger partial charge in [0.1, 0.15) is 18.2 Å². The number of fused-ring (bicyclic) bond motifs is 2. The van der Waals surface area contributed by atoms with E-state index in [0.717, 1.165) is 46.4 Å². The summed E-state index contributed by atoms with van der Waals surface area (Å²) >= 11 is 0. The minimum absolute atomic E-state index is 0.000662. The van der Waals surface area contributed by atoms with E-state index in [4.69, 9.17) is 19.7 Å². The van der Waals surface area contributed by atoms with E-state index in [0.29, 0.717) is 31.1 Å². The number of carboxylic acid groups (broad SMARTS) is 1. The van der Waals surface area contributed by atoms with Crippen LogP contribution >= 0.6 is 0 Å². The number of carbonyl (C=O) groups is 1. The topological polar surface area (TPSA) is 114 Å². The van der Waals surface area contributed by atoms with Gasteiger partial charge < -0.3 is 19.1 Å². The van der Waals surface area contributed by atoms with E-state index >= 15 is 0 Å². The number of nitriles is 1. The molecule has 1 atom stereocenters. The van der Waals surface area contributed by atoms with Crippen molar-refractivity contribution >= 4 is 27.9 Å². The first-order valence-corrected chi connectivity index (χ1v) is 13.6. The van der Waals surface area contributed by atoms with E-state index in [2.05, 4.69) is 20.5 Å². The molecule has 0 saturated carbocycles. The summed E-state index contributed by atoms with van der Waals surface area (Å²) in [7, 11) is 2.01. The smallest absolute Gasteiger partial charge is 0.335 e. The fraction of sp³-hybridized carbons (Fsp3) is 0.250. The van der Waals surface area contributed by atoms with Crippen molar-refractivity contribution in [2.75, 3.05) is 13.7 Å². The second kappa shape index (κ2) is 11.6. The van der Waals surface area contributed by atoms with Gasteiger partial charge in [-0.1, -0.05) is 18.2 Å². The van der Waals surface area contributed by atoms with E-state index in [1.165, 1.54) is 6.07 Å². The number of ether oxygens (including phenoxy) is 2. The third-order valence-electron chi connectivity index (χ3n) is 7.41. The van der Waals surface area contributed by atoms with Crippen molar-refractivity contribution < 1.29 is 23.8 Å². The average molecular weight is 566 g/mol. The maximum atomic E-state index is 14.2. The summed E-state index contributed by atoms with van der Waals surface area (Å²) in [6.45, 7) is 2.54. The average Bonchev–Trinajstić information content (AvgIpc) is 3.29. The van der Waals surface area contributed by atoms with E-state index in [1.807, 2.05) is 31.3 Å². The second-order valence-electron chi connectivity index (χ2n) is 10.5. The highest BCUT2D eigenvalue weighted by atomic mass is 19.1. The maximum Gasteiger partial charge on any atom is 0.335 e. The SMILES string of the molecule is CN(Cc1ccc2ccc(OCc3ccc(C#N)cc3F)nc2c1)Cc1nc2ccc(C(=O)O)cc2n1C[C@@H]1CCO1. The number of aromatic carboxylic acids is 1. The van der Waals surface area contributed by atoms with E-state index in [9.17, 15) is 14.3 Å². The number of nitrogens with zero attached hydrogens (tertiary/aromatic N) is 5. The van der Waals surface area contributed by atoms with E-state index in [-0.39, 0.29) is 23.8 Å². The molecule has 1 aliphatic heterocycles. The number of hydrogen-bond donors (Lipinski definition) is 1. The number of carboxylic acids is 1. The summed E-state index contributed by atoms with van der Waals surface area (Å²) < 4.78 is 27.8. The van der Waals surface area contributed by atoms with Gasteiger partial charge in [0.2, 0.25) is 5.88 Å². The highest BCUT2D eigenvalue weighted by molar-refractivity contribution is 5.92. The third-order valence-corrected chi connectivity index (χ3v) is 7.41. The van der Waals surface area contributed by atoms with Gasteiger partial charge in [-0.05, 0) is 61.5 Å². The third kappa shape index (κ3) is 5.79. The van der Waals surface area contributed by atoms with Crippen molar-refractivity contribution in [1.82, 2.24) is 19.4 Å². The van der Waals surface area contributed by atoms with Crippen LogP contribution in [-0.4, -0.2) is 50.3 Å². The van der Waals surface area contributed by atoms with Crippen LogP contribution in [0.5, 0.6) is 5.88 Å². The lowest BCUT2D eigenvalue weighted by molar-refractivity contribution is -0.0591. The molecule has 0 bridgehead atoms. The zero-order valence-corrected chi connectivity index (χ0v) is 23.0. The maximum absolute atomic E-state index is 14.2. The summed E-state index contributed by atoms with van der Waals surface area (Å²) in [5.41, 5.74) is 4.19. The summed E-state index contributed by atoms with van der Waals surface area (Å²) in [6.07, 6.45) is 1.06. The molecule has 3 heterocycles. The van der Waals surface area contributed by atoms with Gasteiger partial charge in [0, 0.05) is 30.2 Å².